The van der Waals surface area contributed by atoms with Crippen molar-refractivity contribution in [2.45, 2.75) is 51.2 Å². The van der Waals surface area contributed by atoms with E-state index in [4.69, 9.17) is 4.74 Å². The zero-order valence-corrected chi connectivity index (χ0v) is 12.6. The molecular formula is C18H23NO2. The Morgan fingerprint density at radius 1 is 1.38 bits per heavy atom. The highest BCUT2D eigenvalue weighted by molar-refractivity contribution is 5.82. The first-order valence-electron chi connectivity index (χ1n) is 7.90. The van der Waals surface area contributed by atoms with E-state index in [1.165, 1.54) is 12.8 Å². The molecule has 2 aromatic rings. The quantitative estimate of drug-likeness (QED) is 0.905. The third-order valence-electron chi connectivity index (χ3n) is 4.26. The van der Waals surface area contributed by atoms with Crippen LogP contribution in [0.15, 0.2) is 30.3 Å². The summed E-state index contributed by atoms with van der Waals surface area (Å²) in [6.07, 6.45) is 5.19. The van der Waals surface area contributed by atoms with Crippen LogP contribution in [0.2, 0.25) is 0 Å². The van der Waals surface area contributed by atoms with Gasteiger partial charge in [0.25, 0.3) is 0 Å². The lowest BCUT2D eigenvalue weighted by Crippen LogP contribution is -2.06. The standard InChI is InChI=1S/C18H23NO2/c1-13-12-16(15-8-2-3-9-17(15)19-13)18(20)10-4-6-14-7-5-11-21-14/h2-3,8-9,12,14,18,20H,4-7,10-11H2,1H3. The molecule has 0 saturated carbocycles. The Morgan fingerprint density at radius 2 is 2.24 bits per heavy atom. The molecule has 0 aliphatic carbocycles. The maximum absolute atomic E-state index is 10.5. The van der Waals surface area contributed by atoms with Gasteiger partial charge in [-0.3, -0.25) is 4.98 Å². The molecule has 2 atom stereocenters. The van der Waals surface area contributed by atoms with E-state index in [0.29, 0.717) is 6.10 Å². The van der Waals surface area contributed by atoms with Gasteiger partial charge in [0.05, 0.1) is 17.7 Å². The molecule has 1 fully saturated rings. The minimum absolute atomic E-state index is 0.410. The number of benzene rings is 1. The van der Waals surface area contributed by atoms with Crippen LogP contribution >= 0.6 is 0 Å². The summed E-state index contributed by atoms with van der Waals surface area (Å²) in [7, 11) is 0. The molecule has 1 aliphatic heterocycles. The topological polar surface area (TPSA) is 42.4 Å². The molecule has 112 valence electrons. The molecule has 3 rings (SSSR count). The van der Waals surface area contributed by atoms with Crippen LogP contribution in [0, 0.1) is 6.92 Å². The summed E-state index contributed by atoms with van der Waals surface area (Å²) in [6, 6.07) is 10.1. The Kier molecular flexibility index (Phi) is 4.51. The van der Waals surface area contributed by atoms with Gasteiger partial charge in [0, 0.05) is 17.7 Å². The van der Waals surface area contributed by atoms with Crippen molar-refractivity contribution in [1.29, 1.82) is 0 Å². The fraction of sp³-hybridized carbons (Fsp3) is 0.500. The third kappa shape index (κ3) is 3.42. The first kappa shape index (κ1) is 14.5. The second-order valence-electron chi connectivity index (χ2n) is 5.95. The van der Waals surface area contributed by atoms with E-state index in [0.717, 1.165) is 48.0 Å². The number of rotatable bonds is 5. The van der Waals surface area contributed by atoms with Gasteiger partial charge >= 0.3 is 0 Å². The molecule has 1 saturated heterocycles. The second kappa shape index (κ2) is 6.54. The van der Waals surface area contributed by atoms with Crippen molar-refractivity contribution in [1.82, 2.24) is 4.98 Å². The number of para-hydroxylation sites is 1. The number of hydrogen-bond donors (Lipinski definition) is 1. The molecule has 1 aromatic heterocycles. The predicted molar refractivity (Wildman–Crippen MR) is 84.3 cm³/mol. The van der Waals surface area contributed by atoms with Gasteiger partial charge in [-0.2, -0.15) is 0 Å². The highest BCUT2D eigenvalue weighted by Crippen LogP contribution is 2.28. The van der Waals surface area contributed by atoms with Crippen LogP contribution < -0.4 is 0 Å². The largest absolute Gasteiger partial charge is 0.388 e. The van der Waals surface area contributed by atoms with Crippen molar-refractivity contribution in [2.75, 3.05) is 6.61 Å². The van der Waals surface area contributed by atoms with Crippen molar-refractivity contribution in [2.24, 2.45) is 0 Å². The normalized spacial score (nSPS) is 20.0. The fourth-order valence-corrected chi connectivity index (χ4v) is 3.18. The zero-order valence-electron chi connectivity index (χ0n) is 12.6. The Morgan fingerprint density at radius 3 is 3.05 bits per heavy atom. The number of aromatic nitrogens is 1. The number of aliphatic hydroxyl groups is 1. The summed E-state index contributed by atoms with van der Waals surface area (Å²) in [4.78, 5) is 4.53. The highest BCUT2D eigenvalue weighted by Gasteiger charge is 2.17. The van der Waals surface area contributed by atoms with Gasteiger partial charge < -0.3 is 9.84 Å². The van der Waals surface area contributed by atoms with Crippen LogP contribution in [0.5, 0.6) is 0 Å². The number of fused-ring (bicyclic) bond motifs is 1. The van der Waals surface area contributed by atoms with Crippen LogP contribution in [0.1, 0.15) is 49.5 Å². The lowest BCUT2D eigenvalue weighted by molar-refractivity contribution is 0.0946. The van der Waals surface area contributed by atoms with Crippen molar-refractivity contribution in [3.8, 4) is 0 Å². The molecule has 0 bridgehead atoms. The van der Waals surface area contributed by atoms with Crippen molar-refractivity contribution in [3.05, 3.63) is 41.6 Å². The maximum atomic E-state index is 10.5. The molecule has 1 aromatic carbocycles. The Hall–Kier alpha value is -1.45. The van der Waals surface area contributed by atoms with Crippen molar-refractivity contribution < 1.29 is 9.84 Å². The fourth-order valence-electron chi connectivity index (χ4n) is 3.18. The van der Waals surface area contributed by atoms with Crippen molar-refractivity contribution >= 4 is 10.9 Å². The predicted octanol–water partition coefficient (Wildman–Crippen LogP) is 3.93. The molecular weight excluding hydrogens is 262 g/mol. The van der Waals surface area contributed by atoms with Crippen LogP contribution in [0.3, 0.4) is 0 Å². The molecule has 1 aliphatic rings. The Bertz CT molecular complexity index is 605. The molecule has 0 radical (unpaired) electrons. The smallest absolute Gasteiger partial charge is 0.0797 e. The molecule has 0 spiro atoms. The number of aryl methyl sites for hydroxylation is 1. The minimum Gasteiger partial charge on any atom is -0.388 e. The van der Waals surface area contributed by atoms with Gasteiger partial charge in [-0.1, -0.05) is 18.2 Å². The van der Waals surface area contributed by atoms with E-state index in [-0.39, 0.29) is 0 Å². The molecule has 21 heavy (non-hydrogen) atoms. The summed E-state index contributed by atoms with van der Waals surface area (Å²) < 4.78 is 5.64. The number of aliphatic hydroxyl groups excluding tert-OH is 1. The van der Waals surface area contributed by atoms with Gasteiger partial charge in [0.15, 0.2) is 0 Å². The molecule has 2 heterocycles. The number of ether oxygens (including phenoxy) is 1. The average molecular weight is 285 g/mol. The minimum atomic E-state index is -0.419. The zero-order chi connectivity index (χ0) is 14.7. The third-order valence-corrected chi connectivity index (χ3v) is 4.26. The van der Waals surface area contributed by atoms with Gasteiger partial charge in [-0.25, -0.2) is 0 Å². The maximum Gasteiger partial charge on any atom is 0.0797 e. The van der Waals surface area contributed by atoms with E-state index in [1.807, 2.05) is 37.3 Å². The van der Waals surface area contributed by atoms with Crippen LogP contribution in [0.25, 0.3) is 10.9 Å². The van der Waals surface area contributed by atoms with Gasteiger partial charge in [0.2, 0.25) is 0 Å². The van der Waals surface area contributed by atoms with E-state index in [1.54, 1.807) is 0 Å². The Balaban J connectivity index is 1.70. The summed E-state index contributed by atoms with van der Waals surface area (Å²) in [5.41, 5.74) is 2.93. The molecule has 2 unspecified atom stereocenters. The first-order valence-corrected chi connectivity index (χ1v) is 7.90. The summed E-state index contributed by atoms with van der Waals surface area (Å²) in [5.74, 6) is 0. The van der Waals surface area contributed by atoms with Gasteiger partial charge in [-0.15, -0.1) is 0 Å². The number of pyridine rings is 1. The lowest BCUT2D eigenvalue weighted by Gasteiger charge is -2.15. The van der Waals surface area contributed by atoms with Crippen molar-refractivity contribution in [3.63, 3.8) is 0 Å². The summed E-state index contributed by atoms with van der Waals surface area (Å²) in [6.45, 7) is 2.89. The number of hydrogen-bond acceptors (Lipinski definition) is 3. The summed E-state index contributed by atoms with van der Waals surface area (Å²) >= 11 is 0. The monoisotopic (exact) mass is 285 g/mol. The number of nitrogens with zero attached hydrogens (tertiary/aromatic N) is 1. The average Bonchev–Trinajstić information content (AvgIpc) is 2.99. The van der Waals surface area contributed by atoms with Crippen LogP contribution in [-0.4, -0.2) is 22.8 Å². The lowest BCUT2D eigenvalue weighted by atomic mass is 9.98. The van der Waals surface area contributed by atoms with E-state index in [2.05, 4.69) is 4.98 Å². The second-order valence-corrected chi connectivity index (χ2v) is 5.95. The summed E-state index contributed by atoms with van der Waals surface area (Å²) in [5, 5.41) is 11.6. The Labute approximate surface area is 126 Å². The molecule has 3 heteroatoms. The van der Waals surface area contributed by atoms with E-state index >= 15 is 0 Å². The van der Waals surface area contributed by atoms with Gasteiger partial charge in [-0.05, 0) is 56.7 Å². The highest BCUT2D eigenvalue weighted by atomic mass is 16.5. The van der Waals surface area contributed by atoms with Gasteiger partial charge in [0.1, 0.15) is 0 Å². The van der Waals surface area contributed by atoms with E-state index in [9.17, 15) is 5.11 Å². The van der Waals surface area contributed by atoms with E-state index < -0.39 is 6.10 Å². The SMILES string of the molecule is Cc1cc(C(O)CCCC2CCCO2)c2ccccc2n1. The molecule has 1 N–H and O–H groups in total. The molecule has 3 nitrogen and oxygen atoms in total. The molecule has 0 amide bonds. The van der Waals surface area contributed by atoms with Crippen LogP contribution in [-0.2, 0) is 4.74 Å². The first-order chi connectivity index (χ1) is 10.2. The van der Waals surface area contributed by atoms with Crippen LogP contribution in [0.4, 0.5) is 0 Å².